The van der Waals surface area contributed by atoms with Crippen LogP contribution >= 0.6 is 15.9 Å². The molecular weight excluding hydrogens is 228 g/mol. The fourth-order valence-electron chi connectivity index (χ4n) is 1.06. The summed E-state index contributed by atoms with van der Waals surface area (Å²) in [5.41, 5.74) is 2.49. The number of benzene rings is 1. The first-order valence-electron chi connectivity index (χ1n) is 4.46. The molecule has 0 aliphatic heterocycles. The fourth-order valence-corrected chi connectivity index (χ4v) is 1.31. The van der Waals surface area contributed by atoms with Gasteiger partial charge < -0.3 is 4.74 Å². The van der Waals surface area contributed by atoms with Crippen LogP contribution in [0.15, 0.2) is 22.7 Å². The summed E-state index contributed by atoms with van der Waals surface area (Å²) in [5.74, 6) is 0. The van der Waals surface area contributed by atoms with Gasteiger partial charge >= 0.3 is 0 Å². The lowest BCUT2D eigenvalue weighted by molar-refractivity contribution is 0.0657. The molecule has 2 heteroatoms. The second-order valence-corrected chi connectivity index (χ2v) is 4.30. The molecule has 1 aromatic carbocycles. The minimum Gasteiger partial charge on any atom is -0.374 e. The second-order valence-electron chi connectivity index (χ2n) is 3.44. The van der Waals surface area contributed by atoms with Crippen molar-refractivity contribution in [2.75, 3.05) is 0 Å². The number of hydrogen-bond donors (Lipinski definition) is 0. The van der Waals surface area contributed by atoms with Crippen LogP contribution in [0.3, 0.4) is 0 Å². The normalized spacial score (nSPS) is 10.8. The number of halogens is 1. The molecule has 0 amide bonds. The van der Waals surface area contributed by atoms with Gasteiger partial charge in [0.1, 0.15) is 0 Å². The predicted molar refractivity (Wildman–Crippen MR) is 58.8 cm³/mol. The van der Waals surface area contributed by atoms with Crippen LogP contribution in [-0.4, -0.2) is 6.10 Å². The molecule has 0 saturated carbocycles. The molecule has 0 aromatic heterocycles. The SMILES string of the molecule is Cc1cc(COC(C)C)ccc1Br. The minimum absolute atomic E-state index is 0.295. The Balaban J connectivity index is 2.63. The monoisotopic (exact) mass is 242 g/mol. The first-order chi connectivity index (χ1) is 6.09. The van der Waals surface area contributed by atoms with E-state index in [0.29, 0.717) is 12.7 Å². The highest BCUT2D eigenvalue weighted by atomic mass is 79.9. The zero-order chi connectivity index (χ0) is 9.84. The number of rotatable bonds is 3. The molecule has 1 nitrogen and oxygen atoms in total. The molecule has 0 unspecified atom stereocenters. The zero-order valence-corrected chi connectivity index (χ0v) is 9.89. The standard InChI is InChI=1S/C11H15BrO/c1-8(2)13-7-10-4-5-11(12)9(3)6-10/h4-6,8H,7H2,1-3H3. The van der Waals surface area contributed by atoms with Crippen molar-refractivity contribution in [3.63, 3.8) is 0 Å². The van der Waals surface area contributed by atoms with Gasteiger partial charge in [-0.25, -0.2) is 0 Å². The maximum absolute atomic E-state index is 5.51. The molecule has 0 spiro atoms. The van der Waals surface area contributed by atoms with Crippen LogP contribution in [0.2, 0.25) is 0 Å². The summed E-state index contributed by atoms with van der Waals surface area (Å²) in [6.07, 6.45) is 0.295. The van der Waals surface area contributed by atoms with E-state index in [4.69, 9.17) is 4.74 Å². The molecule has 0 heterocycles. The maximum atomic E-state index is 5.51. The Morgan fingerprint density at radius 3 is 2.62 bits per heavy atom. The summed E-state index contributed by atoms with van der Waals surface area (Å²) in [6.45, 7) is 6.88. The summed E-state index contributed by atoms with van der Waals surface area (Å²) in [4.78, 5) is 0. The molecule has 1 aromatic rings. The van der Waals surface area contributed by atoms with Gasteiger partial charge in [-0.1, -0.05) is 28.1 Å². The molecule has 0 atom stereocenters. The number of aryl methyl sites for hydroxylation is 1. The Labute approximate surface area is 88.2 Å². The average molecular weight is 243 g/mol. The van der Waals surface area contributed by atoms with E-state index in [9.17, 15) is 0 Å². The van der Waals surface area contributed by atoms with Crippen LogP contribution < -0.4 is 0 Å². The maximum Gasteiger partial charge on any atom is 0.0720 e. The minimum atomic E-state index is 0.295. The number of ether oxygens (including phenoxy) is 1. The van der Waals surface area contributed by atoms with E-state index in [1.165, 1.54) is 11.1 Å². The van der Waals surface area contributed by atoms with Crippen molar-refractivity contribution in [1.82, 2.24) is 0 Å². The van der Waals surface area contributed by atoms with E-state index < -0.39 is 0 Å². The van der Waals surface area contributed by atoms with Crippen molar-refractivity contribution in [2.45, 2.75) is 33.5 Å². The molecule has 72 valence electrons. The Kier molecular flexibility index (Phi) is 3.94. The molecule has 0 fully saturated rings. The van der Waals surface area contributed by atoms with Crippen LogP contribution in [0.5, 0.6) is 0 Å². The van der Waals surface area contributed by atoms with E-state index in [1.54, 1.807) is 0 Å². The third-order valence-electron chi connectivity index (χ3n) is 1.81. The van der Waals surface area contributed by atoms with E-state index >= 15 is 0 Å². The first kappa shape index (κ1) is 10.7. The van der Waals surface area contributed by atoms with E-state index in [1.807, 2.05) is 13.8 Å². The van der Waals surface area contributed by atoms with Gasteiger partial charge in [0.25, 0.3) is 0 Å². The highest BCUT2D eigenvalue weighted by molar-refractivity contribution is 9.10. The summed E-state index contributed by atoms with van der Waals surface area (Å²) < 4.78 is 6.66. The van der Waals surface area contributed by atoms with Crippen LogP contribution in [0, 0.1) is 6.92 Å². The smallest absolute Gasteiger partial charge is 0.0720 e. The van der Waals surface area contributed by atoms with Crippen molar-refractivity contribution in [3.05, 3.63) is 33.8 Å². The topological polar surface area (TPSA) is 9.23 Å². The van der Waals surface area contributed by atoms with Crippen molar-refractivity contribution in [1.29, 1.82) is 0 Å². The third kappa shape index (κ3) is 3.49. The Hall–Kier alpha value is -0.340. The molecule has 0 radical (unpaired) electrons. The van der Waals surface area contributed by atoms with Gasteiger partial charge in [0, 0.05) is 4.47 Å². The van der Waals surface area contributed by atoms with Crippen LogP contribution in [0.4, 0.5) is 0 Å². The van der Waals surface area contributed by atoms with E-state index in [0.717, 1.165) is 4.47 Å². The zero-order valence-electron chi connectivity index (χ0n) is 8.30. The highest BCUT2D eigenvalue weighted by Gasteiger charge is 1.98. The summed E-state index contributed by atoms with van der Waals surface area (Å²) in [7, 11) is 0. The molecule has 0 bridgehead atoms. The van der Waals surface area contributed by atoms with Gasteiger partial charge in [0.05, 0.1) is 12.7 Å². The van der Waals surface area contributed by atoms with Crippen molar-refractivity contribution in [3.8, 4) is 0 Å². The molecule has 0 aliphatic carbocycles. The van der Waals surface area contributed by atoms with E-state index in [-0.39, 0.29) is 0 Å². The highest BCUT2D eigenvalue weighted by Crippen LogP contribution is 2.17. The number of hydrogen-bond acceptors (Lipinski definition) is 1. The molecule has 0 aliphatic rings. The van der Waals surface area contributed by atoms with Gasteiger partial charge in [-0.05, 0) is 38.0 Å². The lowest BCUT2D eigenvalue weighted by Crippen LogP contribution is -2.02. The lowest BCUT2D eigenvalue weighted by atomic mass is 10.1. The molecular formula is C11H15BrO. The fraction of sp³-hybridized carbons (Fsp3) is 0.455. The molecule has 0 N–H and O–H groups in total. The first-order valence-corrected chi connectivity index (χ1v) is 5.25. The van der Waals surface area contributed by atoms with Gasteiger partial charge in [-0.3, -0.25) is 0 Å². The summed E-state index contributed by atoms with van der Waals surface area (Å²) in [5, 5.41) is 0. The summed E-state index contributed by atoms with van der Waals surface area (Å²) in [6, 6.07) is 6.29. The largest absolute Gasteiger partial charge is 0.374 e. The Morgan fingerprint density at radius 1 is 1.38 bits per heavy atom. The Morgan fingerprint density at radius 2 is 2.08 bits per heavy atom. The van der Waals surface area contributed by atoms with Crippen molar-refractivity contribution >= 4 is 15.9 Å². The average Bonchev–Trinajstić information content (AvgIpc) is 2.07. The quantitative estimate of drug-likeness (QED) is 0.786. The van der Waals surface area contributed by atoms with Gasteiger partial charge in [-0.15, -0.1) is 0 Å². The van der Waals surface area contributed by atoms with Crippen LogP contribution in [0.1, 0.15) is 25.0 Å². The second kappa shape index (κ2) is 4.77. The van der Waals surface area contributed by atoms with Crippen molar-refractivity contribution < 1.29 is 4.74 Å². The van der Waals surface area contributed by atoms with Crippen molar-refractivity contribution in [2.24, 2.45) is 0 Å². The molecule has 1 rings (SSSR count). The van der Waals surface area contributed by atoms with E-state index in [2.05, 4.69) is 41.1 Å². The Bertz CT molecular complexity index is 281. The van der Waals surface area contributed by atoms with Crippen LogP contribution in [-0.2, 0) is 11.3 Å². The predicted octanol–water partition coefficient (Wildman–Crippen LogP) is 3.68. The van der Waals surface area contributed by atoms with Crippen LogP contribution in [0.25, 0.3) is 0 Å². The molecule has 13 heavy (non-hydrogen) atoms. The third-order valence-corrected chi connectivity index (χ3v) is 2.70. The van der Waals surface area contributed by atoms with Gasteiger partial charge in [0.2, 0.25) is 0 Å². The summed E-state index contributed by atoms with van der Waals surface area (Å²) >= 11 is 3.47. The lowest BCUT2D eigenvalue weighted by Gasteiger charge is -2.08. The van der Waals surface area contributed by atoms with Gasteiger partial charge in [0.15, 0.2) is 0 Å². The molecule has 0 saturated heterocycles. The van der Waals surface area contributed by atoms with Gasteiger partial charge in [-0.2, -0.15) is 0 Å².